The maximum Gasteiger partial charge on any atom is 0.119 e. The Bertz CT molecular complexity index is 1680. The number of hydrogen-bond acceptors (Lipinski definition) is 3. The third-order valence-corrected chi connectivity index (χ3v) is 7.17. The number of H-pyrrole nitrogens is 2. The highest BCUT2D eigenvalue weighted by molar-refractivity contribution is 9.09. The van der Waals surface area contributed by atoms with Gasteiger partial charge >= 0.3 is 0 Å². The Morgan fingerprint density at radius 3 is 2.11 bits per heavy atom. The first-order valence-corrected chi connectivity index (χ1v) is 14.2. The number of fused-ring (bicyclic) bond motifs is 8. The molecule has 0 spiro atoms. The number of halogens is 1. The number of benzene rings is 1. The molecule has 4 aromatic rings. The summed E-state index contributed by atoms with van der Waals surface area (Å²) in [6.07, 6.45) is 10.9. The van der Waals surface area contributed by atoms with Gasteiger partial charge in [0.25, 0.3) is 0 Å². The van der Waals surface area contributed by atoms with Crippen molar-refractivity contribution >= 4 is 61.8 Å². The summed E-state index contributed by atoms with van der Waals surface area (Å²) < 4.78 is 6.09. The van der Waals surface area contributed by atoms with E-state index < -0.39 is 0 Å². The number of ether oxygens (including phenoxy) is 1. The summed E-state index contributed by atoms with van der Waals surface area (Å²) in [5, 5.41) is 1.07. The van der Waals surface area contributed by atoms with Crippen molar-refractivity contribution in [1.29, 1.82) is 0 Å². The second-order valence-corrected chi connectivity index (χ2v) is 10.4. The zero-order chi connectivity index (χ0) is 25.7. The number of hydrogen-bond donors (Lipinski definition) is 2. The van der Waals surface area contributed by atoms with Gasteiger partial charge in [0, 0.05) is 33.0 Å². The first-order chi connectivity index (χ1) is 18.7. The van der Waals surface area contributed by atoms with Gasteiger partial charge in [-0.15, -0.1) is 0 Å². The topological polar surface area (TPSA) is 66.6 Å². The minimum absolute atomic E-state index is 0.730. The lowest BCUT2D eigenvalue weighted by Crippen LogP contribution is -1.98. The predicted molar refractivity (Wildman–Crippen MR) is 161 cm³/mol. The van der Waals surface area contributed by atoms with Crippen LogP contribution in [-0.2, 0) is 0 Å². The molecule has 6 rings (SSSR count). The van der Waals surface area contributed by atoms with Gasteiger partial charge in [-0.3, -0.25) is 0 Å². The number of aromatic amines is 2. The molecule has 0 radical (unpaired) electrons. The zero-order valence-electron chi connectivity index (χ0n) is 21.1. The van der Waals surface area contributed by atoms with Crippen LogP contribution in [0.2, 0.25) is 0 Å². The van der Waals surface area contributed by atoms with Crippen LogP contribution in [0.4, 0.5) is 0 Å². The average molecular weight is 566 g/mol. The molecule has 0 amide bonds. The Morgan fingerprint density at radius 2 is 1.34 bits per heavy atom. The zero-order valence-corrected chi connectivity index (χ0v) is 22.7. The van der Waals surface area contributed by atoms with E-state index in [9.17, 15) is 0 Å². The van der Waals surface area contributed by atoms with Crippen molar-refractivity contribution in [2.45, 2.75) is 25.7 Å². The standard InChI is InChI=1S/C32H29BrN4O/c33-14-3-1-2-4-15-38-30-7-5-6-22(16-30)31-20-29-19-27-11-10-25(35-27)17-23-8-9-24(34-23)18-26-12-13-28(36-26)21-32(31)37-29/h5-13,16-21,34-35H,1-4,14-15H2. The van der Waals surface area contributed by atoms with Crippen LogP contribution in [0.5, 0.6) is 5.75 Å². The van der Waals surface area contributed by atoms with Gasteiger partial charge < -0.3 is 14.7 Å². The molecular weight excluding hydrogens is 536 g/mol. The van der Waals surface area contributed by atoms with Gasteiger partial charge in [0.15, 0.2) is 0 Å². The van der Waals surface area contributed by atoms with Crippen LogP contribution in [-0.4, -0.2) is 31.9 Å². The second-order valence-electron chi connectivity index (χ2n) is 9.57. The van der Waals surface area contributed by atoms with E-state index in [2.05, 4.69) is 98.7 Å². The van der Waals surface area contributed by atoms with Crippen molar-refractivity contribution in [3.8, 4) is 5.75 Å². The molecule has 0 aliphatic carbocycles. The fourth-order valence-corrected chi connectivity index (χ4v) is 5.14. The predicted octanol–water partition coefficient (Wildman–Crippen LogP) is 8.41. The summed E-state index contributed by atoms with van der Waals surface area (Å²) in [7, 11) is 0. The van der Waals surface area contributed by atoms with Gasteiger partial charge in [0.1, 0.15) is 5.75 Å². The molecule has 0 saturated heterocycles. The second kappa shape index (κ2) is 11.2. The molecule has 5 heterocycles. The fraction of sp³-hybridized carbons (Fsp3) is 0.188. The van der Waals surface area contributed by atoms with Crippen LogP contribution in [0.25, 0.3) is 45.9 Å². The first-order valence-electron chi connectivity index (χ1n) is 13.1. The van der Waals surface area contributed by atoms with E-state index in [1.165, 1.54) is 19.3 Å². The van der Waals surface area contributed by atoms with Gasteiger partial charge in [0.2, 0.25) is 0 Å². The van der Waals surface area contributed by atoms with Gasteiger partial charge in [-0.1, -0.05) is 40.9 Å². The summed E-state index contributed by atoms with van der Waals surface area (Å²) in [5.74, 6) is 0.886. The largest absolute Gasteiger partial charge is 0.494 e. The fourth-order valence-electron chi connectivity index (χ4n) is 4.74. The third-order valence-electron chi connectivity index (χ3n) is 6.61. The number of alkyl halides is 1. The third kappa shape index (κ3) is 5.81. The lowest BCUT2D eigenvalue weighted by molar-refractivity contribution is 0.305. The Labute approximate surface area is 230 Å². The van der Waals surface area contributed by atoms with Crippen LogP contribution >= 0.6 is 15.9 Å². The maximum atomic E-state index is 6.09. The van der Waals surface area contributed by atoms with Crippen LogP contribution in [0.15, 0.2) is 72.8 Å². The lowest BCUT2D eigenvalue weighted by Gasteiger charge is -2.09. The molecular formula is C32H29BrN4O. The van der Waals surface area contributed by atoms with Gasteiger partial charge in [-0.2, -0.15) is 0 Å². The van der Waals surface area contributed by atoms with Crippen LogP contribution < -0.4 is 4.74 Å². The van der Waals surface area contributed by atoms with Crippen molar-refractivity contribution in [3.05, 3.63) is 101 Å². The molecule has 8 bridgehead atoms. The molecule has 0 fully saturated rings. The van der Waals surface area contributed by atoms with Crippen molar-refractivity contribution in [3.63, 3.8) is 0 Å². The number of nitrogens with zero attached hydrogens (tertiary/aromatic N) is 2. The molecule has 2 N–H and O–H groups in total. The molecule has 2 aliphatic heterocycles. The highest BCUT2D eigenvalue weighted by atomic mass is 79.9. The van der Waals surface area contributed by atoms with E-state index in [4.69, 9.17) is 14.7 Å². The normalized spacial score (nSPS) is 12.5. The van der Waals surface area contributed by atoms with Gasteiger partial charge in [-0.05, 0) is 97.3 Å². The summed E-state index contributed by atoms with van der Waals surface area (Å²) in [4.78, 5) is 16.7. The van der Waals surface area contributed by atoms with E-state index in [0.29, 0.717) is 0 Å². The molecule has 0 unspecified atom stereocenters. The maximum absolute atomic E-state index is 6.09. The van der Waals surface area contributed by atoms with E-state index >= 15 is 0 Å². The lowest BCUT2D eigenvalue weighted by atomic mass is 10.0. The molecule has 38 heavy (non-hydrogen) atoms. The Balaban J connectivity index is 1.38. The molecule has 0 saturated carbocycles. The Hall–Kier alpha value is -3.90. The van der Waals surface area contributed by atoms with Crippen molar-refractivity contribution in [1.82, 2.24) is 19.9 Å². The molecule has 6 heteroatoms. The number of rotatable bonds is 8. The van der Waals surface area contributed by atoms with E-state index in [1.54, 1.807) is 0 Å². The van der Waals surface area contributed by atoms with Crippen molar-refractivity contribution in [2.75, 3.05) is 11.9 Å². The smallest absolute Gasteiger partial charge is 0.119 e. The Kier molecular flexibility index (Phi) is 7.22. The van der Waals surface area contributed by atoms with Crippen LogP contribution in [0.1, 0.15) is 54.0 Å². The number of unbranched alkanes of at least 4 members (excludes halogenated alkanes) is 3. The van der Waals surface area contributed by atoms with Gasteiger partial charge in [-0.25, -0.2) is 9.97 Å². The highest BCUT2D eigenvalue weighted by Crippen LogP contribution is 2.31. The highest BCUT2D eigenvalue weighted by Gasteiger charge is 2.14. The summed E-state index contributed by atoms with van der Waals surface area (Å²) in [5.41, 5.74) is 9.79. The summed E-state index contributed by atoms with van der Waals surface area (Å²) in [6, 6.07) is 24.9. The van der Waals surface area contributed by atoms with E-state index in [0.717, 1.165) is 80.1 Å². The average Bonchev–Trinajstić information content (AvgIpc) is 3.72. The Morgan fingerprint density at radius 1 is 0.658 bits per heavy atom. The van der Waals surface area contributed by atoms with E-state index in [1.807, 2.05) is 18.2 Å². The van der Waals surface area contributed by atoms with Crippen molar-refractivity contribution in [2.24, 2.45) is 0 Å². The monoisotopic (exact) mass is 564 g/mol. The minimum atomic E-state index is 0.730. The summed E-state index contributed by atoms with van der Waals surface area (Å²) >= 11 is 3.50. The SMILES string of the molecule is BrCCCCCCOc1cccc(C2=Cc3cc4ccc(cc5ccc(cc6nc(cc2n3)C=C6)[nH]5)[nH]4)c1. The molecule has 5 nitrogen and oxygen atoms in total. The molecule has 190 valence electrons. The molecule has 2 aliphatic rings. The van der Waals surface area contributed by atoms with Crippen molar-refractivity contribution < 1.29 is 4.74 Å². The summed E-state index contributed by atoms with van der Waals surface area (Å²) in [6.45, 7) is 0.730. The van der Waals surface area contributed by atoms with Gasteiger partial charge in [0.05, 0.1) is 29.4 Å². The van der Waals surface area contributed by atoms with Crippen LogP contribution in [0, 0.1) is 0 Å². The minimum Gasteiger partial charge on any atom is -0.494 e. The number of aromatic nitrogens is 4. The number of nitrogens with one attached hydrogen (secondary N) is 2. The quantitative estimate of drug-likeness (QED) is 0.144. The van der Waals surface area contributed by atoms with Crippen LogP contribution in [0.3, 0.4) is 0 Å². The van der Waals surface area contributed by atoms with E-state index in [-0.39, 0.29) is 0 Å². The molecule has 1 aromatic carbocycles. The molecule has 3 aromatic heterocycles. The first kappa shape index (κ1) is 24.4. The molecule has 0 atom stereocenters.